The van der Waals surface area contributed by atoms with Gasteiger partial charge in [-0.05, 0) is 18.8 Å². The van der Waals surface area contributed by atoms with Crippen molar-refractivity contribution in [1.82, 2.24) is 15.2 Å². The lowest BCUT2D eigenvalue weighted by atomic mass is 10.1. The van der Waals surface area contributed by atoms with Crippen molar-refractivity contribution in [3.63, 3.8) is 0 Å². The summed E-state index contributed by atoms with van der Waals surface area (Å²) in [6.45, 7) is 6.31. The maximum Gasteiger partial charge on any atom is 0.244 e. The van der Waals surface area contributed by atoms with Crippen molar-refractivity contribution in [2.45, 2.75) is 39.2 Å². The molecule has 1 aliphatic heterocycles. The minimum absolute atomic E-state index is 0.352. The molecule has 0 saturated carbocycles. The maximum absolute atomic E-state index is 5.87. The molecule has 90 valence electrons. The molecular weight excluding hydrogens is 202 g/mol. The van der Waals surface area contributed by atoms with Gasteiger partial charge in [-0.15, -0.1) is 5.10 Å². The van der Waals surface area contributed by atoms with E-state index in [1.807, 2.05) is 0 Å². The second kappa shape index (κ2) is 4.82. The van der Waals surface area contributed by atoms with Gasteiger partial charge >= 0.3 is 0 Å². The molecule has 0 spiro atoms. The highest BCUT2D eigenvalue weighted by molar-refractivity contribution is 5.29. The SMILES string of the molecule is CC(C)Cc1nc(N2CCC(N)CC2)n[nH]1. The highest BCUT2D eigenvalue weighted by Crippen LogP contribution is 2.15. The molecule has 0 aliphatic carbocycles. The lowest BCUT2D eigenvalue weighted by molar-refractivity contribution is 0.496. The first-order valence-electron chi connectivity index (χ1n) is 6.07. The van der Waals surface area contributed by atoms with Gasteiger partial charge in [-0.3, -0.25) is 5.10 Å². The van der Waals surface area contributed by atoms with Crippen LogP contribution in [0, 0.1) is 5.92 Å². The van der Waals surface area contributed by atoms with E-state index in [2.05, 4.69) is 33.9 Å². The van der Waals surface area contributed by atoms with E-state index in [4.69, 9.17) is 5.73 Å². The Labute approximate surface area is 96.4 Å². The molecule has 5 nitrogen and oxygen atoms in total. The van der Waals surface area contributed by atoms with Gasteiger partial charge in [0.15, 0.2) is 0 Å². The van der Waals surface area contributed by atoms with Crippen LogP contribution in [0.3, 0.4) is 0 Å². The topological polar surface area (TPSA) is 70.8 Å². The maximum atomic E-state index is 5.87. The lowest BCUT2D eigenvalue weighted by Crippen LogP contribution is -2.40. The first kappa shape index (κ1) is 11.4. The molecule has 2 rings (SSSR count). The molecule has 1 aromatic heterocycles. The van der Waals surface area contributed by atoms with Gasteiger partial charge in [0.1, 0.15) is 5.82 Å². The number of nitrogens with one attached hydrogen (secondary N) is 1. The van der Waals surface area contributed by atoms with Gasteiger partial charge in [0.25, 0.3) is 0 Å². The van der Waals surface area contributed by atoms with Crippen LogP contribution in [0.5, 0.6) is 0 Å². The summed E-state index contributed by atoms with van der Waals surface area (Å²) in [6, 6.07) is 0.352. The van der Waals surface area contributed by atoms with Crippen molar-refractivity contribution in [3.8, 4) is 0 Å². The average molecular weight is 223 g/mol. The monoisotopic (exact) mass is 223 g/mol. The molecule has 3 N–H and O–H groups in total. The Morgan fingerprint density at radius 2 is 2.12 bits per heavy atom. The number of anilines is 1. The van der Waals surface area contributed by atoms with Gasteiger partial charge in [-0.1, -0.05) is 13.8 Å². The molecule has 2 heterocycles. The fourth-order valence-corrected chi connectivity index (χ4v) is 2.00. The molecule has 5 heteroatoms. The van der Waals surface area contributed by atoms with Gasteiger partial charge < -0.3 is 10.6 Å². The fourth-order valence-electron chi connectivity index (χ4n) is 2.00. The van der Waals surface area contributed by atoms with Crippen molar-refractivity contribution in [3.05, 3.63) is 5.82 Å². The van der Waals surface area contributed by atoms with Crippen molar-refractivity contribution < 1.29 is 0 Å². The zero-order valence-electron chi connectivity index (χ0n) is 10.1. The number of rotatable bonds is 3. The number of hydrogen-bond donors (Lipinski definition) is 2. The summed E-state index contributed by atoms with van der Waals surface area (Å²) in [5.74, 6) is 2.43. The third kappa shape index (κ3) is 2.72. The van der Waals surface area contributed by atoms with Gasteiger partial charge in [0, 0.05) is 25.6 Å². The molecule has 1 fully saturated rings. The van der Waals surface area contributed by atoms with E-state index in [0.29, 0.717) is 12.0 Å². The second-order valence-electron chi connectivity index (χ2n) is 5.00. The molecule has 1 saturated heterocycles. The van der Waals surface area contributed by atoms with Crippen LogP contribution in [0.2, 0.25) is 0 Å². The smallest absolute Gasteiger partial charge is 0.244 e. The summed E-state index contributed by atoms with van der Waals surface area (Å²) in [7, 11) is 0. The summed E-state index contributed by atoms with van der Waals surface area (Å²) < 4.78 is 0. The number of nitrogens with zero attached hydrogens (tertiary/aromatic N) is 3. The predicted molar refractivity (Wildman–Crippen MR) is 64.3 cm³/mol. The first-order valence-corrected chi connectivity index (χ1v) is 6.07. The zero-order chi connectivity index (χ0) is 11.5. The van der Waals surface area contributed by atoms with E-state index < -0.39 is 0 Å². The van der Waals surface area contributed by atoms with Crippen molar-refractivity contribution in [2.75, 3.05) is 18.0 Å². The quantitative estimate of drug-likeness (QED) is 0.799. The molecule has 0 amide bonds. The first-order chi connectivity index (χ1) is 7.65. The minimum atomic E-state index is 0.352. The molecule has 0 unspecified atom stereocenters. The van der Waals surface area contributed by atoms with Crippen LogP contribution < -0.4 is 10.6 Å². The molecular formula is C11H21N5. The Hall–Kier alpha value is -1.10. The van der Waals surface area contributed by atoms with Crippen LogP contribution in [0.25, 0.3) is 0 Å². The van der Waals surface area contributed by atoms with E-state index in [1.54, 1.807) is 0 Å². The standard InChI is InChI=1S/C11H21N5/c1-8(2)7-10-13-11(15-14-10)16-5-3-9(12)4-6-16/h8-9H,3-7,12H2,1-2H3,(H,13,14,15). The molecule has 1 aliphatic rings. The van der Waals surface area contributed by atoms with Gasteiger partial charge in [-0.2, -0.15) is 4.98 Å². The molecule has 1 aromatic rings. The molecule has 0 atom stereocenters. The molecule has 0 bridgehead atoms. The van der Waals surface area contributed by atoms with Gasteiger partial charge in [-0.25, -0.2) is 0 Å². The summed E-state index contributed by atoms with van der Waals surface area (Å²) in [5.41, 5.74) is 5.87. The number of H-pyrrole nitrogens is 1. The third-order valence-corrected chi connectivity index (χ3v) is 2.94. The van der Waals surface area contributed by atoms with Crippen LogP contribution >= 0.6 is 0 Å². The van der Waals surface area contributed by atoms with Gasteiger partial charge in [0.2, 0.25) is 5.95 Å². The number of hydrogen-bond acceptors (Lipinski definition) is 4. The van der Waals surface area contributed by atoms with E-state index in [0.717, 1.165) is 44.1 Å². The summed E-state index contributed by atoms with van der Waals surface area (Å²) in [4.78, 5) is 6.73. The Balaban J connectivity index is 1.96. The number of piperidine rings is 1. The zero-order valence-corrected chi connectivity index (χ0v) is 10.1. The number of aromatic amines is 1. The fraction of sp³-hybridized carbons (Fsp3) is 0.818. The molecule has 0 aromatic carbocycles. The van der Waals surface area contributed by atoms with Crippen LogP contribution in [-0.2, 0) is 6.42 Å². The van der Waals surface area contributed by atoms with Crippen molar-refractivity contribution in [2.24, 2.45) is 11.7 Å². The normalized spacial score (nSPS) is 18.4. The van der Waals surface area contributed by atoms with Crippen molar-refractivity contribution >= 4 is 5.95 Å². The predicted octanol–water partition coefficient (Wildman–Crippen LogP) is 0.931. The minimum Gasteiger partial charge on any atom is -0.339 e. The largest absolute Gasteiger partial charge is 0.339 e. The number of aromatic nitrogens is 3. The van der Waals surface area contributed by atoms with E-state index in [9.17, 15) is 0 Å². The average Bonchev–Trinajstić information content (AvgIpc) is 2.66. The molecule has 16 heavy (non-hydrogen) atoms. The van der Waals surface area contributed by atoms with Crippen LogP contribution in [0.1, 0.15) is 32.5 Å². The lowest BCUT2D eigenvalue weighted by Gasteiger charge is -2.28. The second-order valence-corrected chi connectivity index (χ2v) is 5.00. The van der Waals surface area contributed by atoms with E-state index >= 15 is 0 Å². The van der Waals surface area contributed by atoms with Crippen LogP contribution in [0.4, 0.5) is 5.95 Å². The third-order valence-electron chi connectivity index (χ3n) is 2.94. The Kier molecular flexibility index (Phi) is 3.43. The summed E-state index contributed by atoms with van der Waals surface area (Å²) in [5, 5.41) is 7.28. The number of nitrogens with two attached hydrogens (primary N) is 1. The Morgan fingerprint density at radius 1 is 1.44 bits per heavy atom. The van der Waals surface area contributed by atoms with E-state index in [1.165, 1.54) is 0 Å². The Bertz CT molecular complexity index is 325. The molecule has 0 radical (unpaired) electrons. The highest BCUT2D eigenvalue weighted by atomic mass is 15.4. The summed E-state index contributed by atoms with van der Waals surface area (Å²) in [6.07, 6.45) is 3.03. The Morgan fingerprint density at radius 3 is 2.75 bits per heavy atom. The van der Waals surface area contributed by atoms with Gasteiger partial charge in [0.05, 0.1) is 0 Å². The van der Waals surface area contributed by atoms with E-state index in [-0.39, 0.29) is 0 Å². The van der Waals surface area contributed by atoms with Crippen LogP contribution in [0.15, 0.2) is 0 Å². The van der Waals surface area contributed by atoms with Crippen molar-refractivity contribution in [1.29, 1.82) is 0 Å². The summed E-state index contributed by atoms with van der Waals surface area (Å²) >= 11 is 0. The highest BCUT2D eigenvalue weighted by Gasteiger charge is 2.19. The van der Waals surface area contributed by atoms with Crippen LogP contribution in [-0.4, -0.2) is 34.3 Å².